The molecule has 0 saturated heterocycles. The number of hydrogen-bond acceptors (Lipinski definition) is 3. The van der Waals surface area contributed by atoms with Crippen LogP contribution >= 0.6 is 0 Å². The third kappa shape index (κ3) is 3.03. The summed E-state index contributed by atoms with van der Waals surface area (Å²) in [6.07, 6.45) is 2.61. The predicted octanol–water partition coefficient (Wildman–Crippen LogP) is 1.99. The van der Waals surface area contributed by atoms with Gasteiger partial charge >= 0.3 is 0 Å². The first-order valence-electron chi connectivity index (χ1n) is 6.65. The van der Waals surface area contributed by atoms with Gasteiger partial charge in [0, 0.05) is 19.6 Å². The van der Waals surface area contributed by atoms with Gasteiger partial charge in [0.2, 0.25) is 0 Å². The summed E-state index contributed by atoms with van der Waals surface area (Å²) >= 11 is 0. The first kappa shape index (κ1) is 14.5. The van der Waals surface area contributed by atoms with Crippen molar-refractivity contribution in [2.45, 2.75) is 40.7 Å². The number of rotatable bonds is 6. The Labute approximate surface area is 109 Å². The van der Waals surface area contributed by atoms with Crippen molar-refractivity contribution in [1.82, 2.24) is 14.7 Å². The standard InChI is InChI=1S/C13H24N4O/c1-5-10(4)9-16(6-2)13(18)12-11(14)8-15-17(12)7-3/h8,10H,5-7,9,14H2,1-4H3. The number of carbonyl (C=O) groups is 1. The van der Waals surface area contributed by atoms with Crippen molar-refractivity contribution >= 4 is 11.6 Å². The summed E-state index contributed by atoms with van der Waals surface area (Å²) in [6.45, 7) is 10.3. The van der Waals surface area contributed by atoms with Crippen molar-refractivity contribution in [3.63, 3.8) is 0 Å². The molecule has 1 heterocycles. The molecular weight excluding hydrogens is 228 g/mol. The molecule has 1 aromatic heterocycles. The summed E-state index contributed by atoms with van der Waals surface area (Å²) in [7, 11) is 0. The third-order valence-corrected chi connectivity index (χ3v) is 3.27. The molecule has 1 amide bonds. The number of nitrogens with zero attached hydrogens (tertiary/aromatic N) is 3. The van der Waals surface area contributed by atoms with Crippen LogP contribution in [-0.4, -0.2) is 33.7 Å². The average molecular weight is 252 g/mol. The predicted molar refractivity (Wildman–Crippen MR) is 73.3 cm³/mol. The Bertz CT molecular complexity index is 400. The number of carbonyl (C=O) groups excluding carboxylic acids is 1. The number of aromatic nitrogens is 2. The molecule has 0 radical (unpaired) electrons. The number of aryl methyl sites for hydroxylation is 1. The Kier molecular flexibility index (Phi) is 5.19. The molecule has 0 saturated carbocycles. The van der Waals surface area contributed by atoms with Gasteiger partial charge in [0.25, 0.3) is 5.91 Å². The van der Waals surface area contributed by atoms with Gasteiger partial charge in [0.1, 0.15) is 5.69 Å². The van der Waals surface area contributed by atoms with Crippen LogP contribution in [0.25, 0.3) is 0 Å². The van der Waals surface area contributed by atoms with Gasteiger partial charge in [-0.1, -0.05) is 20.3 Å². The van der Waals surface area contributed by atoms with Gasteiger partial charge in [-0.25, -0.2) is 0 Å². The van der Waals surface area contributed by atoms with Crippen LogP contribution in [0.15, 0.2) is 6.20 Å². The average Bonchev–Trinajstić information content (AvgIpc) is 2.75. The highest BCUT2D eigenvalue weighted by Gasteiger charge is 2.22. The summed E-state index contributed by atoms with van der Waals surface area (Å²) in [5.74, 6) is 0.475. The molecule has 102 valence electrons. The Morgan fingerprint density at radius 2 is 2.17 bits per heavy atom. The zero-order valence-electron chi connectivity index (χ0n) is 11.8. The van der Waals surface area contributed by atoms with E-state index in [0.717, 1.165) is 13.0 Å². The number of nitrogens with two attached hydrogens (primary N) is 1. The van der Waals surface area contributed by atoms with Crippen LogP contribution in [0, 0.1) is 5.92 Å². The Morgan fingerprint density at radius 3 is 2.67 bits per heavy atom. The Morgan fingerprint density at radius 1 is 1.50 bits per heavy atom. The SMILES string of the molecule is CCC(C)CN(CC)C(=O)c1c(N)cnn1CC. The molecular formula is C13H24N4O. The van der Waals surface area contributed by atoms with Crippen molar-refractivity contribution < 1.29 is 4.79 Å². The summed E-state index contributed by atoms with van der Waals surface area (Å²) in [5, 5.41) is 4.12. The second-order valence-electron chi connectivity index (χ2n) is 4.62. The first-order valence-corrected chi connectivity index (χ1v) is 6.65. The van der Waals surface area contributed by atoms with E-state index in [1.165, 1.54) is 0 Å². The van der Waals surface area contributed by atoms with Crippen LogP contribution in [0.1, 0.15) is 44.6 Å². The molecule has 0 bridgehead atoms. The fraction of sp³-hybridized carbons (Fsp3) is 0.692. The lowest BCUT2D eigenvalue weighted by atomic mass is 10.1. The van der Waals surface area contributed by atoms with E-state index >= 15 is 0 Å². The fourth-order valence-electron chi connectivity index (χ4n) is 1.88. The zero-order valence-corrected chi connectivity index (χ0v) is 11.8. The topological polar surface area (TPSA) is 64.2 Å². The largest absolute Gasteiger partial charge is 0.396 e. The van der Waals surface area contributed by atoms with E-state index in [4.69, 9.17) is 5.73 Å². The summed E-state index contributed by atoms with van der Waals surface area (Å²) in [6, 6.07) is 0. The lowest BCUT2D eigenvalue weighted by molar-refractivity contribution is 0.0729. The molecule has 2 N–H and O–H groups in total. The number of nitrogen functional groups attached to an aromatic ring is 1. The Balaban J connectivity index is 2.92. The summed E-state index contributed by atoms with van der Waals surface area (Å²) in [4.78, 5) is 14.3. The monoisotopic (exact) mass is 252 g/mol. The van der Waals surface area contributed by atoms with Crippen LogP contribution in [0.5, 0.6) is 0 Å². The first-order chi connectivity index (χ1) is 8.54. The van der Waals surface area contributed by atoms with E-state index in [1.807, 2.05) is 18.7 Å². The maximum Gasteiger partial charge on any atom is 0.274 e. The summed E-state index contributed by atoms with van der Waals surface area (Å²) in [5.41, 5.74) is 6.82. The molecule has 5 nitrogen and oxygen atoms in total. The molecule has 1 atom stereocenters. The molecule has 0 spiro atoms. The quantitative estimate of drug-likeness (QED) is 0.842. The van der Waals surface area contributed by atoms with Crippen LogP contribution < -0.4 is 5.73 Å². The second kappa shape index (κ2) is 6.42. The minimum atomic E-state index is -0.0188. The molecule has 0 aliphatic heterocycles. The van der Waals surface area contributed by atoms with Crippen LogP contribution in [0.4, 0.5) is 5.69 Å². The van der Waals surface area contributed by atoms with Crippen LogP contribution in [0.3, 0.4) is 0 Å². The highest BCUT2D eigenvalue weighted by molar-refractivity contribution is 5.97. The van der Waals surface area contributed by atoms with Gasteiger partial charge < -0.3 is 10.6 Å². The van der Waals surface area contributed by atoms with Crippen molar-refractivity contribution in [2.75, 3.05) is 18.8 Å². The maximum atomic E-state index is 12.5. The smallest absolute Gasteiger partial charge is 0.274 e. The van der Waals surface area contributed by atoms with Gasteiger partial charge in [-0.3, -0.25) is 9.48 Å². The van der Waals surface area contributed by atoms with E-state index in [0.29, 0.717) is 30.4 Å². The van der Waals surface area contributed by atoms with Gasteiger partial charge in [0.15, 0.2) is 0 Å². The maximum absolute atomic E-state index is 12.5. The van der Waals surface area contributed by atoms with E-state index in [1.54, 1.807) is 10.9 Å². The van der Waals surface area contributed by atoms with E-state index in [2.05, 4.69) is 18.9 Å². The molecule has 1 unspecified atom stereocenters. The number of hydrogen-bond donors (Lipinski definition) is 1. The molecule has 0 aromatic carbocycles. The van der Waals surface area contributed by atoms with Gasteiger partial charge in [-0.15, -0.1) is 0 Å². The second-order valence-corrected chi connectivity index (χ2v) is 4.62. The molecule has 0 fully saturated rings. The zero-order chi connectivity index (χ0) is 13.7. The van der Waals surface area contributed by atoms with Crippen molar-refractivity contribution in [1.29, 1.82) is 0 Å². The van der Waals surface area contributed by atoms with Crippen LogP contribution in [0.2, 0.25) is 0 Å². The van der Waals surface area contributed by atoms with E-state index < -0.39 is 0 Å². The third-order valence-electron chi connectivity index (χ3n) is 3.27. The molecule has 1 aromatic rings. The minimum Gasteiger partial charge on any atom is -0.396 e. The van der Waals surface area contributed by atoms with Crippen molar-refractivity contribution in [3.8, 4) is 0 Å². The fourth-order valence-corrected chi connectivity index (χ4v) is 1.88. The lowest BCUT2D eigenvalue weighted by Gasteiger charge is -2.24. The number of amides is 1. The van der Waals surface area contributed by atoms with Gasteiger partial charge in [-0.05, 0) is 19.8 Å². The minimum absolute atomic E-state index is 0.0188. The number of anilines is 1. The summed E-state index contributed by atoms with van der Waals surface area (Å²) < 4.78 is 1.66. The van der Waals surface area contributed by atoms with Gasteiger partial charge in [-0.2, -0.15) is 5.10 Å². The highest BCUT2D eigenvalue weighted by Crippen LogP contribution is 2.15. The van der Waals surface area contributed by atoms with Crippen LogP contribution in [-0.2, 0) is 6.54 Å². The van der Waals surface area contributed by atoms with E-state index in [-0.39, 0.29) is 5.91 Å². The normalized spacial score (nSPS) is 12.4. The Hall–Kier alpha value is -1.52. The molecule has 5 heteroatoms. The van der Waals surface area contributed by atoms with Gasteiger partial charge in [0.05, 0.1) is 11.9 Å². The van der Waals surface area contributed by atoms with E-state index in [9.17, 15) is 4.79 Å². The molecule has 0 aliphatic rings. The lowest BCUT2D eigenvalue weighted by Crippen LogP contribution is -2.36. The molecule has 18 heavy (non-hydrogen) atoms. The molecule has 1 rings (SSSR count). The van der Waals surface area contributed by atoms with Crippen molar-refractivity contribution in [2.24, 2.45) is 5.92 Å². The van der Waals surface area contributed by atoms with Crippen molar-refractivity contribution in [3.05, 3.63) is 11.9 Å². The molecule has 0 aliphatic carbocycles. The highest BCUT2D eigenvalue weighted by atomic mass is 16.2.